The molecular formula is C25H24N4O2S. The summed E-state index contributed by atoms with van der Waals surface area (Å²) in [4.78, 5) is 34.2. The lowest BCUT2D eigenvalue weighted by Crippen LogP contribution is -2.43. The smallest absolute Gasteiger partial charge is 0.319 e. The molecule has 0 aliphatic carbocycles. The largest absolute Gasteiger partial charge is 0.326 e. The predicted molar refractivity (Wildman–Crippen MR) is 127 cm³/mol. The molecular weight excluding hydrogens is 420 g/mol. The molecule has 0 saturated carbocycles. The maximum absolute atomic E-state index is 13.4. The summed E-state index contributed by atoms with van der Waals surface area (Å²) in [6.45, 7) is 4.00. The average Bonchev–Trinajstić information content (AvgIpc) is 3.33. The molecule has 1 saturated heterocycles. The monoisotopic (exact) mass is 444 g/mol. The molecule has 1 aromatic heterocycles. The van der Waals surface area contributed by atoms with Crippen molar-refractivity contribution in [3.05, 3.63) is 77.3 Å². The van der Waals surface area contributed by atoms with Crippen LogP contribution in [0.5, 0.6) is 0 Å². The van der Waals surface area contributed by atoms with Crippen LogP contribution in [0.4, 0.5) is 4.79 Å². The number of imide groups is 1. The minimum Gasteiger partial charge on any atom is -0.319 e. The van der Waals surface area contributed by atoms with E-state index in [4.69, 9.17) is 4.98 Å². The van der Waals surface area contributed by atoms with Gasteiger partial charge < -0.3 is 5.32 Å². The number of aromatic nitrogens is 1. The Hall–Kier alpha value is -3.29. The molecule has 6 nitrogen and oxygen atoms in total. The summed E-state index contributed by atoms with van der Waals surface area (Å²) < 4.78 is 1.13. The first-order chi connectivity index (χ1) is 15.4. The number of thiazole rings is 1. The topological polar surface area (TPSA) is 65.5 Å². The molecule has 0 radical (unpaired) electrons. The van der Waals surface area contributed by atoms with Gasteiger partial charge in [-0.1, -0.05) is 48.5 Å². The summed E-state index contributed by atoms with van der Waals surface area (Å²) in [6, 6.07) is 21.5. The van der Waals surface area contributed by atoms with Crippen molar-refractivity contribution in [2.45, 2.75) is 25.4 Å². The van der Waals surface area contributed by atoms with Gasteiger partial charge in [0.25, 0.3) is 5.91 Å². The predicted octanol–water partition coefficient (Wildman–Crippen LogP) is 4.87. The van der Waals surface area contributed by atoms with Crippen LogP contribution < -0.4 is 5.32 Å². The number of rotatable bonds is 5. The van der Waals surface area contributed by atoms with E-state index in [9.17, 15) is 9.59 Å². The maximum Gasteiger partial charge on any atom is 0.326 e. The molecule has 0 bridgehead atoms. The molecule has 7 heteroatoms. The molecule has 1 aliphatic heterocycles. The first-order valence-corrected chi connectivity index (χ1v) is 11.4. The van der Waals surface area contributed by atoms with Crippen molar-refractivity contribution in [2.75, 3.05) is 13.7 Å². The van der Waals surface area contributed by atoms with Gasteiger partial charge in [0.05, 0.1) is 22.9 Å². The standard InChI is InChI=1S/C25H24N4O2S/c1-16(22-26-20-10-6-7-11-21(20)32-22)28(3)15-29-23(30)25(2,27-24(29)31)19-13-12-17-8-4-5-9-18(17)14-19/h4-14,16H,15H2,1-3H3,(H,27,31)/t16-,25+/m1/s1. The van der Waals surface area contributed by atoms with Gasteiger partial charge in [0.15, 0.2) is 0 Å². The Balaban J connectivity index is 1.38. The van der Waals surface area contributed by atoms with E-state index in [0.717, 1.165) is 31.6 Å². The number of nitrogens with zero attached hydrogens (tertiary/aromatic N) is 3. The molecule has 1 fully saturated rings. The zero-order chi connectivity index (χ0) is 22.5. The van der Waals surface area contributed by atoms with Gasteiger partial charge >= 0.3 is 6.03 Å². The third-order valence-corrected chi connectivity index (χ3v) is 7.50. The Bertz CT molecular complexity index is 1320. The van der Waals surface area contributed by atoms with Gasteiger partial charge in [0, 0.05) is 0 Å². The van der Waals surface area contributed by atoms with E-state index in [2.05, 4.69) is 11.4 Å². The third-order valence-electron chi connectivity index (χ3n) is 6.30. The summed E-state index contributed by atoms with van der Waals surface area (Å²) in [5.41, 5.74) is 0.645. The molecule has 3 aromatic carbocycles. The fraction of sp³-hybridized carbons (Fsp3) is 0.240. The highest BCUT2D eigenvalue weighted by Gasteiger charge is 2.49. The van der Waals surface area contributed by atoms with Gasteiger partial charge in [-0.3, -0.25) is 9.69 Å². The lowest BCUT2D eigenvalue weighted by molar-refractivity contribution is -0.132. The number of carbonyl (C=O) groups is 2. The van der Waals surface area contributed by atoms with E-state index >= 15 is 0 Å². The molecule has 2 atom stereocenters. The van der Waals surface area contributed by atoms with Crippen LogP contribution >= 0.6 is 11.3 Å². The SMILES string of the molecule is C[C@H](c1nc2ccccc2s1)N(C)CN1C(=O)N[C@@](C)(c2ccc3ccccc3c2)C1=O. The second kappa shape index (κ2) is 7.69. The van der Waals surface area contributed by atoms with Crippen molar-refractivity contribution in [3.63, 3.8) is 0 Å². The Morgan fingerprint density at radius 3 is 2.56 bits per heavy atom. The van der Waals surface area contributed by atoms with E-state index in [1.807, 2.05) is 79.5 Å². The van der Waals surface area contributed by atoms with Crippen molar-refractivity contribution in [1.29, 1.82) is 0 Å². The summed E-state index contributed by atoms with van der Waals surface area (Å²) in [6.07, 6.45) is 0. The fourth-order valence-corrected chi connectivity index (χ4v) is 5.21. The van der Waals surface area contributed by atoms with E-state index in [1.165, 1.54) is 4.90 Å². The molecule has 0 unspecified atom stereocenters. The Morgan fingerprint density at radius 1 is 1.06 bits per heavy atom. The van der Waals surface area contributed by atoms with Crippen molar-refractivity contribution >= 4 is 44.3 Å². The Kier molecular flexibility index (Phi) is 4.95. The van der Waals surface area contributed by atoms with E-state index < -0.39 is 5.54 Å². The Morgan fingerprint density at radius 2 is 1.78 bits per heavy atom. The molecule has 4 aromatic rings. The second-order valence-corrected chi connectivity index (χ2v) is 9.51. The highest BCUT2D eigenvalue weighted by atomic mass is 32.1. The van der Waals surface area contributed by atoms with Gasteiger partial charge in [-0.15, -0.1) is 11.3 Å². The van der Waals surface area contributed by atoms with Crippen LogP contribution in [0.25, 0.3) is 21.0 Å². The average molecular weight is 445 g/mol. The number of fused-ring (bicyclic) bond motifs is 2. The number of benzene rings is 3. The first kappa shape index (κ1) is 20.6. The number of carbonyl (C=O) groups excluding carboxylic acids is 2. The summed E-state index contributed by atoms with van der Waals surface area (Å²) in [5, 5.41) is 6.00. The van der Waals surface area contributed by atoms with Crippen molar-refractivity contribution in [2.24, 2.45) is 0 Å². The number of amides is 3. The quantitative estimate of drug-likeness (QED) is 0.446. The van der Waals surface area contributed by atoms with Crippen molar-refractivity contribution in [3.8, 4) is 0 Å². The zero-order valence-corrected chi connectivity index (χ0v) is 19.0. The fourth-order valence-electron chi connectivity index (χ4n) is 4.12. The van der Waals surface area contributed by atoms with Crippen LogP contribution in [0.15, 0.2) is 66.7 Å². The van der Waals surface area contributed by atoms with Gasteiger partial charge in [0.2, 0.25) is 0 Å². The van der Waals surface area contributed by atoms with Crippen LogP contribution in [-0.2, 0) is 10.3 Å². The van der Waals surface area contributed by atoms with Gasteiger partial charge in [-0.05, 0) is 55.4 Å². The van der Waals surface area contributed by atoms with Gasteiger partial charge in [-0.2, -0.15) is 0 Å². The van der Waals surface area contributed by atoms with E-state index in [0.29, 0.717) is 0 Å². The number of urea groups is 1. The van der Waals surface area contributed by atoms with E-state index in [-0.39, 0.29) is 24.6 Å². The van der Waals surface area contributed by atoms with Crippen molar-refractivity contribution in [1.82, 2.24) is 20.1 Å². The molecule has 5 rings (SSSR count). The summed E-state index contributed by atoms with van der Waals surface area (Å²) in [5.74, 6) is -0.249. The highest BCUT2D eigenvalue weighted by molar-refractivity contribution is 7.18. The molecule has 162 valence electrons. The maximum atomic E-state index is 13.4. The van der Waals surface area contributed by atoms with Crippen LogP contribution in [0.3, 0.4) is 0 Å². The van der Waals surface area contributed by atoms with Crippen LogP contribution in [0.2, 0.25) is 0 Å². The number of hydrogen-bond acceptors (Lipinski definition) is 5. The Labute approximate surface area is 190 Å². The minimum absolute atomic E-state index is 0.0412. The van der Waals surface area contributed by atoms with Crippen molar-refractivity contribution < 1.29 is 9.59 Å². The number of nitrogens with one attached hydrogen (secondary N) is 1. The zero-order valence-electron chi connectivity index (χ0n) is 18.2. The first-order valence-electron chi connectivity index (χ1n) is 10.6. The number of para-hydroxylation sites is 1. The normalized spacial score (nSPS) is 19.8. The third kappa shape index (κ3) is 3.34. The van der Waals surface area contributed by atoms with Crippen LogP contribution in [0, 0.1) is 0 Å². The van der Waals surface area contributed by atoms with Gasteiger partial charge in [0.1, 0.15) is 10.5 Å². The lowest BCUT2D eigenvalue weighted by atomic mass is 9.90. The number of hydrogen-bond donors (Lipinski definition) is 1. The summed E-state index contributed by atoms with van der Waals surface area (Å²) >= 11 is 1.63. The molecule has 32 heavy (non-hydrogen) atoms. The lowest BCUT2D eigenvalue weighted by Gasteiger charge is -2.27. The highest BCUT2D eigenvalue weighted by Crippen LogP contribution is 2.33. The van der Waals surface area contributed by atoms with E-state index in [1.54, 1.807) is 18.3 Å². The molecule has 2 heterocycles. The molecule has 0 spiro atoms. The van der Waals surface area contributed by atoms with Crippen LogP contribution in [0.1, 0.15) is 30.5 Å². The van der Waals surface area contributed by atoms with Gasteiger partial charge in [-0.25, -0.2) is 14.7 Å². The van der Waals surface area contributed by atoms with Crippen LogP contribution in [-0.4, -0.2) is 40.4 Å². The minimum atomic E-state index is -1.10. The molecule has 3 amide bonds. The summed E-state index contributed by atoms with van der Waals surface area (Å²) in [7, 11) is 1.91. The second-order valence-electron chi connectivity index (χ2n) is 8.44. The molecule has 1 aliphatic rings. The molecule has 1 N–H and O–H groups in total.